The molecule has 0 radical (unpaired) electrons. The van der Waals surface area contributed by atoms with Gasteiger partial charge in [-0.1, -0.05) is 11.6 Å². The molecule has 1 atom stereocenters. The number of anilines is 1. The second-order valence-electron chi connectivity index (χ2n) is 4.36. The van der Waals surface area contributed by atoms with Crippen molar-refractivity contribution >= 4 is 35.2 Å². The number of benzene rings is 1. The summed E-state index contributed by atoms with van der Waals surface area (Å²) in [5, 5.41) is 0.751. The highest BCUT2D eigenvalue weighted by Crippen LogP contribution is 2.19. The van der Waals surface area contributed by atoms with Crippen LogP contribution in [0.15, 0.2) is 24.3 Å². The molecule has 2 rings (SSSR count). The Morgan fingerprint density at radius 3 is 2.28 bits per heavy atom. The van der Waals surface area contributed by atoms with Crippen LogP contribution in [0.3, 0.4) is 0 Å². The number of carbonyl (C=O) groups excluding carboxylic acids is 1. The molecule has 1 heterocycles. The Hall–Kier alpha value is -0.770. The third-order valence-corrected chi connectivity index (χ3v) is 3.86. The first-order valence-corrected chi connectivity index (χ1v) is 6.91. The number of hydrogen-bond donors (Lipinski definition) is 0. The van der Waals surface area contributed by atoms with E-state index in [0.29, 0.717) is 5.88 Å². The van der Waals surface area contributed by atoms with Gasteiger partial charge in [-0.15, -0.1) is 11.6 Å². The molecule has 1 saturated heterocycles. The van der Waals surface area contributed by atoms with E-state index in [9.17, 15) is 4.79 Å². The second kappa shape index (κ2) is 6.41. The zero-order valence-corrected chi connectivity index (χ0v) is 11.6. The van der Waals surface area contributed by atoms with Gasteiger partial charge in [-0.3, -0.25) is 4.90 Å². The fraction of sp³-hybridized carbons (Fsp3) is 0.462. The molecule has 0 amide bonds. The fourth-order valence-electron chi connectivity index (χ4n) is 2.18. The molecule has 0 N–H and O–H groups in total. The first kappa shape index (κ1) is 13.7. The van der Waals surface area contributed by atoms with Crippen LogP contribution in [0.25, 0.3) is 0 Å². The monoisotopic (exact) mass is 286 g/mol. The Morgan fingerprint density at radius 2 is 1.78 bits per heavy atom. The molecular weight excluding hydrogens is 271 g/mol. The predicted molar refractivity (Wildman–Crippen MR) is 75.8 cm³/mol. The number of piperazine rings is 1. The molecule has 1 aliphatic rings. The molecule has 1 unspecified atom stereocenters. The number of halogens is 2. The molecule has 0 bridgehead atoms. The van der Waals surface area contributed by atoms with Crippen molar-refractivity contribution in [2.75, 3.05) is 37.0 Å². The smallest absolute Gasteiger partial charge is 0.138 e. The molecule has 98 valence electrons. The number of aldehydes is 1. The van der Waals surface area contributed by atoms with Crippen LogP contribution < -0.4 is 4.90 Å². The maximum Gasteiger partial charge on any atom is 0.138 e. The van der Waals surface area contributed by atoms with Crippen LogP contribution in [0, 0.1) is 0 Å². The zero-order chi connectivity index (χ0) is 13.0. The van der Waals surface area contributed by atoms with E-state index in [-0.39, 0.29) is 6.04 Å². The van der Waals surface area contributed by atoms with Crippen molar-refractivity contribution < 1.29 is 4.79 Å². The van der Waals surface area contributed by atoms with Crippen molar-refractivity contribution in [3.05, 3.63) is 29.3 Å². The molecule has 0 aliphatic carbocycles. The fourth-order valence-corrected chi connectivity index (χ4v) is 2.58. The standard InChI is InChI=1S/C13H16Cl2N2O/c14-9-13(10-18)17-7-5-16(6-8-17)12-3-1-11(15)2-4-12/h1-4,10,13H,5-9H2. The molecule has 1 aromatic carbocycles. The van der Waals surface area contributed by atoms with E-state index in [4.69, 9.17) is 23.2 Å². The summed E-state index contributed by atoms with van der Waals surface area (Å²) >= 11 is 11.6. The average molecular weight is 287 g/mol. The summed E-state index contributed by atoms with van der Waals surface area (Å²) in [6, 6.07) is 7.69. The second-order valence-corrected chi connectivity index (χ2v) is 5.10. The van der Waals surface area contributed by atoms with E-state index in [0.717, 1.165) is 37.5 Å². The van der Waals surface area contributed by atoms with Gasteiger partial charge in [0.25, 0.3) is 0 Å². The Balaban J connectivity index is 1.94. The number of carbonyl (C=O) groups is 1. The van der Waals surface area contributed by atoms with Crippen LogP contribution in [-0.4, -0.2) is 49.3 Å². The van der Waals surface area contributed by atoms with Gasteiger partial charge in [-0.05, 0) is 24.3 Å². The Morgan fingerprint density at radius 1 is 1.17 bits per heavy atom. The van der Waals surface area contributed by atoms with Gasteiger partial charge in [0.15, 0.2) is 0 Å². The summed E-state index contributed by atoms with van der Waals surface area (Å²) < 4.78 is 0. The molecule has 18 heavy (non-hydrogen) atoms. The quantitative estimate of drug-likeness (QED) is 0.627. The lowest BCUT2D eigenvalue weighted by Gasteiger charge is -2.38. The Labute approximate surface area is 117 Å². The summed E-state index contributed by atoms with van der Waals surface area (Å²) in [6.45, 7) is 3.53. The Kier molecular flexibility index (Phi) is 4.87. The molecule has 3 nitrogen and oxygen atoms in total. The summed E-state index contributed by atoms with van der Waals surface area (Å²) in [5.74, 6) is 0.366. The van der Waals surface area contributed by atoms with Crippen LogP contribution in [-0.2, 0) is 4.79 Å². The van der Waals surface area contributed by atoms with Crippen molar-refractivity contribution in [1.82, 2.24) is 4.90 Å². The molecule has 1 aliphatic heterocycles. The number of hydrogen-bond acceptors (Lipinski definition) is 3. The number of rotatable bonds is 4. The highest BCUT2D eigenvalue weighted by Gasteiger charge is 2.22. The molecule has 0 spiro atoms. The van der Waals surface area contributed by atoms with E-state index < -0.39 is 0 Å². The molecule has 5 heteroatoms. The first-order valence-electron chi connectivity index (χ1n) is 6.00. The van der Waals surface area contributed by atoms with Crippen molar-refractivity contribution in [3.8, 4) is 0 Å². The van der Waals surface area contributed by atoms with Gasteiger partial charge in [0.05, 0.1) is 6.04 Å². The predicted octanol–water partition coefficient (Wildman–Crippen LogP) is 2.27. The summed E-state index contributed by atoms with van der Waals surface area (Å²) in [7, 11) is 0. The van der Waals surface area contributed by atoms with Gasteiger partial charge in [0.2, 0.25) is 0 Å². The van der Waals surface area contributed by atoms with Crippen molar-refractivity contribution in [2.24, 2.45) is 0 Å². The van der Waals surface area contributed by atoms with Crippen molar-refractivity contribution in [2.45, 2.75) is 6.04 Å². The maximum atomic E-state index is 10.9. The van der Waals surface area contributed by atoms with E-state index in [2.05, 4.69) is 9.80 Å². The highest BCUT2D eigenvalue weighted by atomic mass is 35.5. The highest BCUT2D eigenvalue weighted by molar-refractivity contribution is 6.30. The lowest BCUT2D eigenvalue weighted by molar-refractivity contribution is -0.111. The Bertz CT molecular complexity index is 388. The van der Waals surface area contributed by atoms with Gasteiger partial charge in [0, 0.05) is 42.8 Å². The topological polar surface area (TPSA) is 23.6 Å². The minimum atomic E-state index is -0.154. The lowest BCUT2D eigenvalue weighted by atomic mass is 10.2. The van der Waals surface area contributed by atoms with Crippen LogP contribution in [0.5, 0.6) is 0 Å². The minimum absolute atomic E-state index is 0.154. The van der Waals surface area contributed by atoms with Gasteiger partial charge < -0.3 is 9.69 Å². The van der Waals surface area contributed by atoms with Crippen molar-refractivity contribution in [1.29, 1.82) is 0 Å². The van der Waals surface area contributed by atoms with E-state index in [1.807, 2.05) is 24.3 Å². The van der Waals surface area contributed by atoms with Gasteiger partial charge in [-0.2, -0.15) is 0 Å². The van der Waals surface area contributed by atoms with Gasteiger partial charge in [-0.25, -0.2) is 0 Å². The van der Waals surface area contributed by atoms with Gasteiger partial charge >= 0.3 is 0 Å². The maximum absolute atomic E-state index is 10.9. The first-order chi connectivity index (χ1) is 8.74. The SMILES string of the molecule is O=CC(CCl)N1CCN(c2ccc(Cl)cc2)CC1. The molecule has 1 aromatic rings. The van der Waals surface area contributed by atoms with Crippen LogP contribution >= 0.6 is 23.2 Å². The van der Waals surface area contributed by atoms with Crippen LogP contribution in [0.4, 0.5) is 5.69 Å². The minimum Gasteiger partial charge on any atom is -0.369 e. The van der Waals surface area contributed by atoms with E-state index in [1.54, 1.807) is 0 Å². The number of nitrogens with zero attached hydrogens (tertiary/aromatic N) is 2. The molecule has 0 saturated carbocycles. The van der Waals surface area contributed by atoms with Crippen LogP contribution in [0.2, 0.25) is 5.02 Å². The third kappa shape index (κ3) is 3.16. The van der Waals surface area contributed by atoms with Gasteiger partial charge in [0.1, 0.15) is 6.29 Å². The largest absolute Gasteiger partial charge is 0.369 e. The zero-order valence-electron chi connectivity index (χ0n) is 10.1. The summed E-state index contributed by atoms with van der Waals surface area (Å²) in [5.41, 5.74) is 1.17. The van der Waals surface area contributed by atoms with E-state index in [1.165, 1.54) is 5.69 Å². The van der Waals surface area contributed by atoms with E-state index >= 15 is 0 Å². The third-order valence-electron chi connectivity index (χ3n) is 3.29. The van der Waals surface area contributed by atoms with Crippen molar-refractivity contribution in [3.63, 3.8) is 0 Å². The molecule has 1 fully saturated rings. The molecular formula is C13H16Cl2N2O. The average Bonchev–Trinajstić information content (AvgIpc) is 2.42. The summed E-state index contributed by atoms with van der Waals surface area (Å²) in [4.78, 5) is 15.3. The lowest BCUT2D eigenvalue weighted by Crippen LogP contribution is -2.51. The summed E-state index contributed by atoms with van der Waals surface area (Å²) in [6.07, 6.45) is 0.935. The normalized spacial score (nSPS) is 18.7. The number of alkyl halides is 1. The molecule has 0 aromatic heterocycles. The van der Waals surface area contributed by atoms with Crippen LogP contribution in [0.1, 0.15) is 0 Å².